The Kier molecular flexibility index (Phi) is 3.82. The molecule has 0 bridgehead atoms. The van der Waals surface area contributed by atoms with Gasteiger partial charge in [0, 0.05) is 0 Å². The van der Waals surface area contributed by atoms with Crippen LogP contribution in [0, 0.1) is 6.92 Å². The van der Waals surface area contributed by atoms with Gasteiger partial charge in [0.1, 0.15) is 0 Å². The first-order valence-electron chi connectivity index (χ1n) is 4.67. The second-order valence-electron chi connectivity index (χ2n) is 3.67. The van der Waals surface area contributed by atoms with E-state index in [-0.39, 0.29) is 0 Å². The molecule has 74 valence electrons. The van der Waals surface area contributed by atoms with E-state index in [1.807, 2.05) is 0 Å². The van der Waals surface area contributed by atoms with Gasteiger partial charge in [-0.25, -0.2) is 9.65 Å². The van der Waals surface area contributed by atoms with Crippen molar-refractivity contribution in [2.75, 3.05) is 12.0 Å². The standard InChI is InChI=1S/C11H19PS/c1-4-9-13(3,12)11-7-5-10(2)6-8-11/h5-8H,4,9,12H2,1-3H3. The predicted octanol–water partition coefficient (Wildman–Crippen LogP) is 3.99. The summed E-state index contributed by atoms with van der Waals surface area (Å²) in [6, 6.07) is 8.96. The van der Waals surface area contributed by atoms with Crippen LogP contribution < -0.4 is 0 Å². The van der Waals surface area contributed by atoms with Gasteiger partial charge in [-0.05, 0) is 42.4 Å². The zero-order valence-electron chi connectivity index (χ0n) is 8.71. The molecule has 0 spiro atoms. The number of hydrogen-bond acceptors (Lipinski definition) is 0. The van der Waals surface area contributed by atoms with Crippen LogP contribution in [0.3, 0.4) is 0 Å². The number of hydrogen-bond donors (Lipinski definition) is 0. The molecular formula is C11H19PS. The second kappa shape index (κ2) is 4.48. The first-order valence-corrected chi connectivity index (χ1v) is 8.35. The Morgan fingerprint density at radius 1 is 1.23 bits per heavy atom. The molecule has 0 aliphatic carbocycles. The molecule has 0 aliphatic heterocycles. The van der Waals surface area contributed by atoms with Gasteiger partial charge < -0.3 is 0 Å². The summed E-state index contributed by atoms with van der Waals surface area (Å²) in [7, 11) is 2.44. The normalized spacial score (nSPS) is 17.8. The molecular weight excluding hydrogens is 195 g/mol. The minimum absolute atomic E-state index is 0.610. The van der Waals surface area contributed by atoms with Crippen molar-refractivity contribution >= 4 is 18.1 Å². The van der Waals surface area contributed by atoms with Crippen molar-refractivity contribution in [3.8, 4) is 0 Å². The van der Waals surface area contributed by atoms with E-state index in [4.69, 9.17) is 0 Å². The highest BCUT2D eigenvalue weighted by molar-refractivity contribution is 8.68. The van der Waals surface area contributed by atoms with E-state index in [9.17, 15) is 0 Å². The maximum absolute atomic E-state index is 3.05. The quantitative estimate of drug-likeness (QED) is 0.667. The molecule has 2 heteroatoms. The van der Waals surface area contributed by atoms with Gasteiger partial charge in [-0.1, -0.05) is 33.1 Å². The van der Waals surface area contributed by atoms with Crippen LogP contribution in [0.5, 0.6) is 0 Å². The lowest BCUT2D eigenvalue weighted by Crippen LogP contribution is -1.95. The van der Waals surface area contributed by atoms with Crippen LogP contribution in [0.15, 0.2) is 29.2 Å². The van der Waals surface area contributed by atoms with E-state index in [2.05, 4.69) is 52.8 Å². The minimum Gasteiger partial charge on any atom is -0.202 e. The summed E-state index contributed by atoms with van der Waals surface area (Å²) in [6.07, 6.45) is 3.63. The van der Waals surface area contributed by atoms with Crippen LogP contribution in [-0.4, -0.2) is 12.0 Å². The highest BCUT2D eigenvalue weighted by atomic mass is 32.8. The molecule has 1 aromatic carbocycles. The van der Waals surface area contributed by atoms with E-state index in [1.54, 1.807) is 0 Å². The molecule has 0 saturated heterocycles. The summed E-state index contributed by atoms with van der Waals surface area (Å²) in [6.45, 7) is 4.39. The third-order valence-electron chi connectivity index (χ3n) is 2.19. The summed E-state index contributed by atoms with van der Waals surface area (Å²) in [4.78, 5) is 1.50. The monoisotopic (exact) mass is 214 g/mol. The lowest BCUT2D eigenvalue weighted by Gasteiger charge is -2.31. The largest absolute Gasteiger partial charge is 0.202 e. The lowest BCUT2D eigenvalue weighted by atomic mass is 10.2. The van der Waals surface area contributed by atoms with Crippen molar-refractivity contribution in [3.05, 3.63) is 29.8 Å². The molecule has 2 unspecified atom stereocenters. The third kappa shape index (κ3) is 3.00. The van der Waals surface area contributed by atoms with Crippen LogP contribution in [-0.2, 0) is 0 Å². The Morgan fingerprint density at radius 2 is 1.77 bits per heavy atom. The van der Waals surface area contributed by atoms with Crippen molar-refractivity contribution in [2.45, 2.75) is 25.2 Å². The molecule has 1 rings (SSSR count). The van der Waals surface area contributed by atoms with Gasteiger partial charge in [-0.3, -0.25) is 0 Å². The average Bonchev–Trinajstić information content (AvgIpc) is 2.05. The number of benzene rings is 1. The van der Waals surface area contributed by atoms with Crippen molar-refractivity contribution in [1.82, 2.24) is 0 Å². The number of aryl methyl sites for hydroxylation is 1. The van der Waals surface area contributed by atoms with Gasteiger partial charge in [0.2, 0.25) is 0 Å². The highest BCUT2D eigenvalue weighted by Crippen LogP contribution is 2.59. The molecule has 0 aliphatic rings. The van der Waals surface area contributed by atoms with E-state index in [0.717, 1.165) is 0 Å². The van der Waals surface area contributed by atoms with E-state index < -0.39 is 9.65 Å². The third-order valence-corrected chi connectivity index (χ3v) is 6.32. The van der Waals surface area contributed by atoms with Gasteiger partial charge in [-0.15, -0.1) is 0 Å². The zero-order chi connectivity index (χ0) is 9.90. The zero-order valence-corrected chi connectivity index (χ0v) is 10.7. The fraction of sp³-hybridized carbons (Fsp3) is 0.455. The van der Waals surface area contributed by atoms with Gasteiger partial charge in [0.05, 0.1) is 0 Å². The Morgan fingerprint density at radius 3 is 2.23 bits per heavy atom. The molecule has 0 nitrogen and oxygen atoms in total. The van der Waals surface area contributed by atoms with Crippen molar-refractivity contribution < 1.29 is 0 Å². The molecule has 13 heavy (non-hydrogen) atoms. The lowest BCUT2D eigenvalue weighted by molar-refractivity contribution is 1.10. The maximum atomic E-state index is 3.05. The van der Waals surface area contributed by atoms with Crippen molar-refractivity contribution in [1.29, 1.82) is 0 Å². The van der Waals surface area contributed by atoms with Gasteiger partial charge in [0.15, 0.2) is 0 Å². The molecule has 0 fully saturated rings. The van der Waals surface area contributed by atoms with Crippen LogP contribution in [0.1, 0.15) is 18.9 Å². The molecule has 0 aromatic heterocycles. The minimum atomic E-state index is -0.610. The summed E-state index contributed by atoms with van der Waals surface area (Å²) in [5.41, 5.74) is 1.35. The first-order chi connectivity index (χ1) is 6.06. The maximum Gasteiger partial charge on any atom is -0.00699 e. The second-order valence-corrected chi connectivity index (χ2v) is 9.99. The van der Waals surface area contributed by atoms with Crippen LogP contribution in [0.4, 0.5) is 0 Å². The van der Waals surface area contributed by atoms with Crippen LogP contribution in [0.2, 0.25) is 0 Å². The van der Waals surface area contributed by atoms with E-state index in [1.165, 1.54) is 22.6 Å². The van der Waals surface area contributed by atoms with E-state index >= 15 is 0 Å². The summed E-state index contributed by atoms with van der Waals surface area (Å²) in [5.74, 6) is 1.31. The topological polar surface area (TPSA) is 0 Å². The average molecular weight is 214 g/mol. The Labute approximate surface area is 85.4 Å². The highest BCUT2D eigenvalue weighted by Gasteiger charge is 2.12. The molecule has 1 aromatic rings. The Bertz CT molecular complexity index is 264. The summed E-state index contributed by atoms with van der Waals surface area (Å²) in [5, 5.41) is 0. The fourth-order valence-electron chi connectivity index (χ4n) is 1.39. The fourth-order valence-corrected chi connectivity index (χ4v) is 4.41. The van der Waals surface area contributed by atoms with E-state index in [0.29, 0.717) is 0 Å². The van der Waals surface area contributed by atoms with Gasteiger partial charge in [0.25, 0.3) is 0 Å². The van der Waals surface area contributed by atoms with Crippen LogP contribution in [0.25, 0.3) is 0 Å². The molecule has 0 heterocycles. The summed E-state index contributed by atoms with van der Waals surface area (Å²) >= 11 is 0. The SMILES string of the molecule is CCCS(C)(P)c1ccc(C)cc1. The first kappa shape index (κ1) is 11.1. The van der Waals surface area contributed by atoms with Crippen LogP contribution >= 0.6 is 18.1 Å². The summed E-state index contributed by atoms with van der Waals surface area (Å²) < 4.78 is 0. The van der Waals surface area contributed by atoms with Gasteiger partial charge >= 0.3 is 0 Å². The molecule has 0 saturated carbocycles. The predicted molar refractivity (Wildman–Crippen MR) is 67.8 cm³/mol. The van der Waals surface area contributed by atoms with Crippen molar-refractivity contribution in [3.63, 3.8) is 0 Å². The molecule has 0 radical (unpaired) electrons. The molecule has 2 atom stereocenters. The number of rotatable bonds is 3. The Balaban J connectivity index is 2.87. The molecule has 0 N–H and O–H groups in total. The smallest absolute Gasteiger partial charge is 0.00699 e. The molecule has 0 amide bonds. The van der Waals surface area contributed by atoms with Gasteiger partial charge in [-0.2, -0.15) is 0 Å². The Hall–Kier alpha value is 0. The van der Waals surface area contributed by atoms with Crippen molar-refractivity contribution in [2.24, 2.45) is 0 Å².